The van der Waals surface area contributed by atoms with Crippen molar-refractivity contribution in [3.63, 3.8) is 0 Å². The average Bonchev–Trinajstić information content (AvgIpc) is 1.25. The Labute approximate surface area is 72.9 Å². The zero-order chi connectivity index (χ0) is 7.00. The predicted molar refractivity (Wildman–Crippen MR) is 52.3 cm³/mol. The molecule has 0 N–H and O–H groups in total. The fraction of sp³-hybridized carbons (Fsp3) is 1.00. The van der Waals surface area contributed by atoms with Gasteiger partial charge in [0.1, 0.15) is 0 Å². The van der Waals surface area contributed by atoms with Gasteiger partial charge in [0, 0.05) is 0 Å². The van der Waals surface area contributed by atoms with E-state index in [1.807, 2.05) is 0 Å². The molecule has 0 aliphatic carbocycles. The Kier molecular flexibility index (Phi) is 3.96. The first-order chi connectivity index (χ1) is 3.25. The Morgan fingerprint density at radius 2 is 1.12 bits per heavy atom. The Morgan fingerprint density at radius 1 is 1.00 bits per heavy atom. The fourth-order valence-electron chi connectivity index (χ4n) is 0. The standard InChI is InChI=1S/C4H9.3BrH.Sn/c1-4(2)3;;;;/h1-3H3;3*1H;/q;;;;+3/p-3. The van der Waals surface area contributed by atoms with Crippen LogP contribution in [0.1, 0.15) is 20.8 Å². The summed E-state index contributed by atoms with van der Waals surface area (Å²) >= 11 is 8.84. The van der Waals surface area contributed by atoms with E-state index in [0.29, 0.717) is 3.43 Å². The summed E-state index contributed by atoms with van der Waals surface area (Å²) in [6.45, 7) is 6.67. The molecule has 4 heteroatoms. The molecule has 0 amide bonds. The van der Waals surface area contributed by atoms with Gasteiger partial charge in [0.25, 0.3) is 0 Å². The van der Waals surface area contributed by atoms with Crippen LogP contribution in [0.3, 0.4) is 0 Å². The van der Waals surface area contributed by atoms with Gasteiger partial charge in [-0.05, 0) is 0 Å². The summed E-state index contributed by atoms with van der Waals surface area (Å²) in [4.78, 5) is 0. The predicted octanol–water partition coefficient (Wildman–Crippen LogP) is 3.91. The third kappa shape index (κ3) is 3.42. The Balaban J connectivity index is 4.02. The molecule has 0 aromatic carbocycles. The van der Waals surface area contributed by atoms with Crippen LogP contribution in [-0.2, 0) is 0 Å². The molecule has 0 saturated heterocycles. The Bertz CT molecular complexity index is 66.3. The molecule has 0 fully saturated rings. The van der Waals surface area contributed by atoms with Crippen molar-refractivity contribution < 1.29 is 0 Å². The molecule has 0 aliphatic rings. The molecule has 0 aromatic rings. The molecule has 0 heterocycles. The van der Waals surface area contributed by atoms with Crippen molar-refractivity contribution >= 4 is 49.8 Å². The van der Waals surface area contributed by atoms with Crippen molar-refractivity contribution in [3.8, 4) is 0 Å². The first-order valence-corrected chi connectivity index (χ1v) is 22.9. The van der Waals surface area contributed by atoms with Gasteiger partial charge >= 0.3 is 74.0 Å². The molecule has 0 bridgehead atoms. The maximum atomic E-state index is 3.64. The van der Waals surface area contributed by atoms with E-state index in [1.54, 1.807) is 0 Å². The molecule has 8 heavy (non-hydrogen) atoms. The first-order valence-electron chi connectivity index (χ1n) is 2.32. The summed E-state index contributed by atoms with van der Waals surface area (Å²) < 4.78 is 0.398. The topological polar surface area (TPSA) is 0 Å². The summed E-state index contributed by atoms with van der Waals surface area (Å²) in [6, 6.07) is 0. The molecule has 50 valence electrons. The van der Waals surface area contributed by atoms with Crippen molar-refractivity contribution in [3.05, 3.63) is 0 Å². The second-order valence-electron chi connectivity index (χ2n) is 2.75. The molecular formula is C4H9Br3Sn. The van der Waals surface area contributed by atoms with Gasteiger partial charge in [0.05, 0.1) is 0 Å². The van der Waals surface area contributed by atoms with E-state index in [0.717, 1.165) is 0 Å². The van der Waals surface area contributed by atoms with Gasteiger partial charge in [-0.2, -0.15) is 0 Å². The molecule has 0 aromatic heterocycles. The van der Waals surface area contributed by atoms with Gasteiger partial charge in [0.15, 0.2) is 0 Å². The maximum absolute atomic E-state index is 3.64. The third-order valence-electron chi connectivity index (χ3n) is 0.850. The second kappa shape index (κ2) is 3.09. The number of hydrogen-bond acceptors (Lipinski definition) is 0. The monoisotopic (exact) mass is 414 g/mol. The summed E-state index contributed by atoms with van der Waals surface area (Å²) in [7, 11) is 0. The second-order valence-corrected chi connectivity index (χ2v) is 55.2. The van der Waals surface area contributed by atoms with Crippen molar-refractivity contribution in [2.24, 2.45) is 0 Å². The summed E-state index contributed by atoms with van der Waals surface area (Å²) in [5.41, 5.74) is 0. The summed E-state index contributed by atoms with van der Waals surface area (Å²) in [5, 5.41) is 0. The van der Waals surface area contributed by atoms with Crippen LogP contribution in [0.15, 0.2) is 0 Å². The van der Waals surface area contributed by atoms with E-state index in [9.17, 15) is 0 Å². The SMILES string of the molecule is C[C](C)(C)[Sn]([Br])([Br])[Br]. The van der Waals surface area contributed by atoms with Crippen molar-refractivity contribution in [1.82, 2.24) is 0 Å². The Morgan fingerprint density at radius 3 is 1.12 bits per heavy atom. The van der Waals surface area contributed by atoms with Crippen LogP contribution in [0.25, 0.3) is 0 Å². The zero-order valence-corrected chi connectivity index (χ0v) is 12.7. The van der Waals surface area contributed by atoms with E-state index in [2.05, 4.69) is 58.9 Å². The van der Waals surface area contributed by atoms with Gasteiger partial charge in [0.2, 0.25) is 0 Å². The van der Waals surface area contributed by atoms with Crippen LogP contribution >= 0.6 is 38.1 Å². The number of halogens is 3. The Hall–Kier alpha value is 2.24. The summed E-state index contributed by atoms with van der Waals surface area (Å²) in [6.07, 6.45) is 0. The molecule has 0 rings (SSSR count). The molecule has 0 unspecified atom stereocenters. The molecule has 0 radical (unpaired) electrons. The van der Waals surface area contributed by atoms with E-state index in [1.165, 1.54) is 0 Å². The number of hydrogen-bond donors (Lipinski definition) is 0. The molecule has 0 nitrogen and oxygen atoms in total. The van der Waals surface area contributed by atoms with Crippen LogP contribution in [-0.4, -0.2) is 11.7 Å². The van der Waals surface area contributed by atoms with Gasteiger partial charge in [-0.1, -0.05) is 0 Å². The van der Waals surface area contributed by atoms with E-state index in [4.69, 9.17) is 0 Å². The van der Waals surface area contributed by atoms with Crippen molar-refractivity contribution in [2.75, 3.05) is 0 Å². The van der Waals surface area contributed by atoms with Crippen LogP contribution < -0.4 is 0 Å². The molecule has 0 saturated carbocycles. The van der Waals surface area contributed by atoms with Gasteiger partial charge in [-0.3, -0.25) is 0 Å². The zero-order valence-electron chi connectivity index (χ0n) is 5.13. The minimum absolute atomic E-state index is 0.398. The quantitative estimate of drug-likeness (QED) is 0.527. The van der Waals surface area contributed by atoms with Crippen LogP contribution in [0.2, 0.25) is 3.43 Å². The van der Waals surface area contributed by atoms with Gasteiger partial charge < -0.3 is 0 Å². The molecule has 0 atom stereocenters. The van der Waals surface area contributed by atoms with Crippen LogP contribution in [0.5, 0.6) is 0 Å². The molecular weight excluding hydrogens is 406 g/mol. The minimum atomic E-state index is -2.08. The van der Waals surface area contributed by atoms with Gasteiger partial charge in [-0.15, -0.1) is 0 Å². The van der Waals surface area contributed by atoms with E-state index in [-0.39, 0.29) is 0 Å². The molecule has 0 spiro atoms. The fourth-order valence-corrected chi connectivity index (χ4v) is 0. The van der Waals surface area contributed by atoms with Gasteiger partial charge in [-0.25, -0.2) is 0 Å². The van der Waals surface area contributed by atoms with E-state index < -0.39 is 11.7 Å². The average molecular weight is 416 g/mol. The van der Waals surface area contributed by atoms with E-state index >= 15 is 0 Å². The van der Waals surface area contributed by atoms with Crippen LogP contribution in [0, 0.1) is 0 Å². The first kappa shape index (κ1) is 10.2. The van der Waals surface area contributed by atoms with Crippen molar-refractivity contribution in [1.29, 1.82) is 0 Å². The number of rotatable bonds is 0. The van der Waals surface area contributed by atoms with Crippen molar-refractivity contribution in [2.45, 2.75) is 24.2 Å². The molecule has 0 aliphatic heterocycles. The van der Waals surface area contributed by atoms with Crippen LogP contribution in [0.4, 0.5) is 0 Å². The normalized spacial score (nSPS) is 14.2. The third-order valence-corrected chi connectivity index (χ3v) is 29.6. The summed E-state index contributed by atoms with van der Waals surface area (Å²) in [5.74, 6) is 0.